The predicted molar refractivity (Wildman–Crippen MR) is 96.2 cm³/mol. The van der Waals surface area contributed by atoms with Crippen LogP contribution < -0.4 is 10.1 Å². The molecule has 0 saturated heterocycles. The number of carbonyl (C=O) groups is 2. The highest BCUT2D eigenvalue weighted by Crippen LogP contribution is 2.24. The Hall–Kier alpha value is -2.61. The van der Waals surface area contributed by atoms with E-state index in [1.165, 1.54) is 18.4 Å². The lowest BCUT2D eigenvalue weighted by Crippen LogP contribution is -2.35. The van der Waals surface area contributed by atoms with Gasteiger partial charge in [-0.1, -0.05) is 19.1 Å². The van der Waals surface area contributed by atoms with E-state index in [2.05, 4.69) is 15.0 Å². The fourth-order valence-electron chi connectivity index (χ4n) is 2.21. The molecule has 1 heterocycles. The number of nitrogens with zero attached hydrogens (tertiary/aromatic N) is 2. The Labute approximate surface area is 150 Å². The summed E-state index contributed by atoms with van der Waals surface area (Å²) in [7, 11) is 2.87. The van der Waals surface area contributed by atoms with Crippen LogP contribution in [0.1, 0.15) is 28.8 Å². The maximum atomic E-state index is 12.6. The second-order valence-electron chi connectivity index (χ2n) is 5.17. The van der Waals surface area contributed by atoms with Crippen molar-refractivity contribution in [1.29, 1.82) is 0 Å². The third-order valence-corrected chi connectivity index (χ3v) is 4.24. The molecule has 8 heteroatoms. The summed E-state index contributed by atoms with van der Waals surface area (Å²) < 4.78 is 9.90. The summed E-state index contributed by atoms with van der Waals surface area (Å²) in [5, 5.41) is 5.15. The van der Waals surface area contributed by atoms with Crippen LogP contribution in [-0.2, 0) is 11.3 Å². The van der Waals surface area contributed by atoms with Gasteiger partial charge < -0.3 is 19.7 Å². The molecule has 0 unspecified atom stereocenters. The van der Waals surface area contributed by atoms with Gasteiger partial charge in [-0.2, -0.15) is 0 Å². The molecular weight excluding hydrogens is 342 g/mol. The van der Waals surface area contributed by atoms with Crippen molar-refractivity contribution in [2.45, 2.75) is 19.9 Å². The summed E-state index contributed by atoms with van der Waals surface area (Å²) in [6.45, 7) is 2.87. The number of anilines is 1. The van der Waals surface area contributed by atoms with Crippen molar-refractivity contribution in [2.24, 2.45) is 0 Å². The second kappa shape index (κ2) is 9.03. The average Bonchev–Trinajstić information content (AvgIpc) is 3.09. The number of carbonyl (C=O) groups excluding carboxylic acids is 2. The van der Waals surface area contributed by atoms with Crippen LogP contribution in [-0.4, -0.2) is 42.6 Å². The molecule has 0 saturated carbocycles. The number of ether oxygens (including phenoxy) is 2. The van der Waals surface area contributed by atoms with E-state index in [4.69, 9.17) is 4.74 Å². The monoisotopic (exact) mass is 363 g/mol. The summed E-state index contributed by atoms with van der Waals surface area (Å²) in [5.41, 5.74) is 0.856. The lowest BCUT2D eigenvalue weighted by Gasteiger charge is -2.22. The molecular formula is C17H21N3O4S. The molecule has 1 aromatic carbocycles. The van der Waals surface area contributed by atoms with Crippen molar-refractivity contribution in [1.82, 2.24) is 9.88 Å². The number of benzene rings is 1. The van der Waals surface area contributed by atoms with Gasteiger partial charge in [-0.25, -0.2) is 14.6 Å². The van der Waals surface area contributed by atoms with Gasteiger partial charge in [0.15, 0.2) is 5.69 Å². The van der Waals surface area contributed by atoms with Crippen LogP contribution in [0.3, 0.4) is 0 Å². The first-order valence-corrected chi connectivity index (χ1v) is 8.68. The number of esters is 1. The summed E-state index contributed by atoms with van der Waals surface area (Å²) in [6.07, 6.45) is 0.800. The molecule has 1 N–H and O–H groups in total. The minimum Gasteiger partial charge on any atom is -0.495 e. The Kier molecular flexibility index (Phi) is 6.76. The molecule has 0 aliphatic carbocycles. The van der Waals surface area contributed by atoms with Crippen LogP contribution in [0.2, 0.25) is 0 Å². The van der Waals surface area contributed by atoms with E-state index >= 15 is 0 Å². The first-order valence-electron chi connectivity index (χ1n) is 7.80. The number of hydrogen-bond acceptors (Lipinski definition) is 6. The molecule has 0 aliphatic rings. The topological polar surface area (TPSA) is 80.8 Å². The number of methoxy groups -OCH3 is 2. The van der Waals surface area contributed by atoms with Crippen molar-refractivity contribution in [3.8, 4) is 5.75 Å². The summed E-state index contributed by atoms with van der Waals surface area (Å²) in [5.74, 6) is 0.109. The number of hydrogen-bond donors (Lipinski definition) is 1. The highest BCUT2D eigenvalue weighted by molar-refractivity contribution is 7.09. The first-order chi connectivity index (χ1) is 12.1. The number of rotatable bonds is 7. The van der Waals surface area contributed by atoms with Crippen molar-refractivity contribution in [3.63, 3.8) is 0 Å². The van der Waals surface area contributed by atoms with E-state index < -0.39 is 5.97 Å². The molecule has 0 radical (unpaired) electrons. The minimum atomic E-state index is -0.483. The van der Waals surface area contributed by atoms with Crippen molar-refractivity contribution >= 4 is 29.0 Å². The van der Waals surface area contributed by atoms with Gasteiger partial charge in [0.1, 0.15) is 10.8 Å². The van der Waals surface area contributed by atoms with E-state index in [0.29, 0.717) is 29.5 Å². The van der Waals surface area contributed by atoms with Crippen LogP contribution in [0.4, 0.5) is 10.5 Å². The van der Waals surface area contributed by atoms with E-state index in [1.807, 2.05) is 19.1 Å². The molecule has 0 spiro atoms. The van der Waals surface area contributed by atoms with Crippen LogP contribution in [0.15, 0.2) is 29.6 Å². The van der Waals surface area contributed by atoms with Crippen LogP contribution in [0, 0.1) is 0 Å². The smallest absolute Gasteiger partial charge is 0.357 e. The van der Waals surface area contributed by atoms with Crippen LogP contribution in [0.5, 0.6) is 5.75 Å². The highest BCUT2D eigenvalue weighted by atomic mass is 32.1. The number of thiazole rings is 1. The van der Waals surface area contributed by atoms with Crippen molar-refractivity contribution in [3.05, 3.63) is 40.3 Å². The molecule has 0 fully saturated rings. The van der Waals surface area contributed by atoms with E-state index in [-0.39, 0.29) is 11.7 Å². The molecule has 1 aromatic heterocycles. The zero-order valence-corrected chi connectivity index (χ0v) is 15.3. The molecule has 134 valence electrons. The SMILES string of the molecule is CCCN(Cc1nc(C(=O)OC)cs1)C(=O)Nc1ccccc1OC. The maximum Gasteiger partial charge on any atom is 0.357 e. The quantitative estimate of drug-likeness (QED) is 0.763. The molecule has 7 nitrogen and oxygen atoms in total. The van der Waals surface area contributed by atoms with E-state index in [9.17, 15) is 9.59 Å². The largest absolute Gasteiger partial charge is 0.495 e. The molecule has 2 amide bonds. The Bertz CT molecular complexity index is 732. The third kappa shape index (κ3) is 4.93. The zero-order chi connectivity index (χ0) is 18.2. The molecule has 0 atom stereocenters. The number of urea groups is 1. The summed E-state index contributed by atoms with van der Waals surface area (Å²) in [6, 6.07) is 6.97. The van der Waals surface area contributed by atoms with E-state index in [0.717, 1.165) is 6.42 Å². The predicted octanol–water partition coefficient (Wildman–Crippen LogP) is 3.38. The molecule has 0 aliphatic heterocycles. The van der Waals surface area contributed by atoms with Gasteiger partial charge in [-0.3, -0.25) is 0 Å². The lowest BCUT2D eigenvalue weighted by atomic mass is 10.3. The Morgan fingerprint density at radius 2 is 2.04 bits per heavy atom. The summed E-state index contributed by atoms with van der Waals surface area (Å²) >= 11 is 1.32. The van der Waals surface area contributed by atoms with Gasteiger partial charge in [-0.05, 0) is 18.6 Å². The molecule has 2 rings (SSSR count). The summed E-state index contributed by atoms with van der Waals surface area (Å²) in [4.78, 5) is 30.0. The Balaban J connectivity index is 2.10. The van der Waals surface area contributed by atoms with Gasteiger partial charge in [0, 0.05) is 11.9 Å². The molecule has 25 heavy (non-hydrogen) atoms. The Morgan fingerprint density at radius 3 is 2.72 bits per heavy atom. The van der Waals surface area contributed by atoms with E-state index in [1.54, 1.807) is 29.5 Å². The number of para-hydroxylation sites is 2. The van der Waals surface area contributed by atoms with Gasteiger partial charge >= 0.3 is 12.0 Å². The normalized spacial score (nSPS) is 10.2. The lowest BCUT2D eigenvalue weighted by molar-refractivity contribution is 0.0594. The first kappa shape index (κ1) is 18.7. The highest BCUT2D eigenvalue weighted by Gasteiger charge is 2.18. The molecule has 2 aromatic rings. The van der Waals surface area contributed by atoms with Crippen LogP contribution in [0.25, 0.3) is 0 Å². The number of aromatic nitrogens is 1. The van der Waals surface area contributed by atoms with Crippen LogP contribution >= 0.6 is 11.3 Å². The molecule has 0 bridgehead atoms. The van der Waals surface area contributed by atoms with Gasteiger partial charge in [0.25, 0.3) is 0 Å². The second-order valence-corrected chi connectivity index (χ2v) is 6.11. The number of amides is 2. The van der Waals surface area contributed by atoms with Crippen molar-refractivity contribution < 1.29 is 19.1 Å². The minimum absolute atomic E-state index is 0.249. The fraction of sp³-hybridized carbons (Fsp3) is 0.353. The fourth-order valence-corrected chi connectivity index (χ4v) is 2.99. The van der Waals surface area contributed by atoms with Gasteiger partial charge in [0.2, 0.25) is 0 Å². The zero-order valence-electron chi connectivity index (χ0n) is 14.4. The van der Waals surface area contributed by atoms with Gasteiger partial charge in [0.05, 0.1) is 26.5 Å². The average molecular weight is 363 g/mol. The number of nitrogens with one attached hydrogen (secondary N) is 1. The third-order valence-electron chi connectivity index (χ3n) is 3.40. The maximum absolute atomic E-state index is 12.6. The Morgan fingerprint density at radius 1 is 1.28 bits per heavy atom. The van der Waals surface area contributed by atoms with Gasteiger partial charge in [-0.15, -0.1) is 11.3 Å². The standard InChI is InChI=1S/C17H21N3O4S/c1-4-9-20(10-15-18-13(11-25-15)16(21)24-3)17(22)19-12-7-5-6-8-14(12)23-2/h5-8,11H,4,9-10H2,1-3H3,(H,19,22). The van der Waals surface area contributed by atoms with Crippen molar-refractivity contribution in [2.75, 3.05) is 26.1 Å².